The van der Waals surface area contributed by atoms with E-state index in [1.807, 2.05) is 18.2 Å². The summed E-state index contributed by atoms with van der Waals surface area (Å²) in [6.07, 6.45) is 5.20. The van der Waals surface area contributed by atoms with Gasteiger partial charge in [0.05, 0.1) is 61.5 Å². The van der Waals surface area contributed by atoms with Crippen molar-refractivity contribution in [1.29, 1.82) is 0 Å². The molecular weight excluding hydrogens is 1200 g/mol. The van der Waals surface area contributed by atoms with Gasteiger partial charge in [0, 0.05) is 37.5 Å². The Balaban J connectivity index is 1.20. The molecule has 82 heavy (non-hydrogen) atoms. The normalized spacial score (nSPS) is 34.2. The minimum absolute atomic E-state index is 0.0268. The molecule has 0 spiro atoms. The summed E-state index contributed by atoms with van der Waals surface area (Å²) >= 11 is 2.31. The summed E-state index contributed by atoms with van der Waals surface area (Å²) in [4.78, 5) is 39.5. The molecule has 6 saturated heterocycles. The van der Waals surface area contributed by atoms with Crippen molar-refractivity contribution in [2.24, 2.45) is 17.8 Å². The molecule has 6 heterocycles. The number of alkyl carbamates (subject to hydrolysis) is 1. The molecule has 0 aliphatic carbocycles. The minimum atomic E-state index is -2.52. The number of carbonyl (C=O) groups is 3. The van der Waals surface area contributed by atoms with E-state index in [0.29, 0.717) is 45.1 Å². The Bertz CT molecular complexity index is 2380. The molecule has 0 aromatic heterocycles. The average molecular weight is 1300 g/mol. The third kappa shape index (κ3) is 16.1. The minimum Gasteiger partial charge on any atom is -0.444 e. The van der Waals surface area contributed by atoms with E-state index in [4.69, 9.17) is 41.7 Å². The van der Waals surface area contributed by atoms with Gasteiger partial charge in [-0.05, 0) is 138 Å². The van der Waals surface area contributed by atoms with Gasteiger partial charge in [0.1, 0.15) is 42.6 Å². The van der Waals surface area contributed by atoms with E-state index >= 15 is 4.79 Å². The van der Waals surface area contributed by atoms with Gasteiger partial charge in [-0.25, -0.2) is 4.79 Å². The molecule has 17 heteroatoms. The second-order valence-corrected chi connectivity index (χ2v) is 44.8. The summed E-state index contributed by atoms with van der Waals surface area (Å²) in [6.45, 7) is 48.2. The third-order valence-corrected chi connectivity index (χ3v) is 34.6. The van der Waals surface area contributed by atoms with Crippen molar-refractivity contribution in [1.82, 2.24) is 5.32 Å². The second kappa shape index (κ2) is 27.2. The van der Waals surface area contributed by atoms with Crippen LogP contribution in [0.3, 0.4) is 0 Å². The first-order valence-corrected chi connectivity index (χ1v) is 41.0. The Morgan fingerprint density at radius 2 is 1.39 bits per heavy atom. The fourth-order valence-corrected chi connectivity index (χ4v) is 16.9. The summed E-state index contributed by atoms with van der Waals surface area (Å²) in [5, 5.41) is 2.56. The Morgan fingerprint density at radius 1 is 0.756 bits per heavy atom. The Labute approximate surface area is 511 Å². The highest BCUT2D eigenvalue weighted by atomic mass is 127. The maximum Gasteiger partial charge on any atom is 0.407 e. The number of ether oxygens (including phenoxy) is 6. The third-order valence-electron chi connectivity index (χ3n) is 20.7. The second-order valence-electron chi connectivity index (χ2n) is 29.8. The molecule has 0 saturated carbocycles. The number of fused-ring (bicyclic) bond motifs is 1. The lowest BCUT2D eigenvalue weighted by molar-refractivity contribution is -0.266. The van der Waals surface area contributed by atoms with Gasteiger partial charge >= 0.3 is 6.09 Å². The van der Waals surface area contributed by atoms with Crippen molar-refractivity contribution in [2.45, 2.75) is 293 Å². The van der Waals surface area contributed by atoms with E-state index < -0.39 is 67.5 Å². The number of benzene rings is 1. The molecule has 18 atom stereocenters. The summed E-state index contributed by atoms with van der Waals surface area (Å²) in [5.41, 5.74) is 3.07. The van der Waals surface area contributed by atoms with Gasteiger partial charge in [0.15, 0.2) is 25.0 Å². The number of hydrogen-bond acceptors (Lipinski definition) is 12. The zero-order valence-corrected chi connectivity index (χ0v) is 58.3. The molecule has 6 aliphatic rings. The van der Waals surface area contributed by atoms with Crippen molar-refractivity contribution in [3.8, 4) is 0 Å². The van der Waals surface area contributed by atoms with Gasteiger partial charge in [-0.3, -0.25) is 4.79 Å². The first-order valence-electron chi connectivity index (χ1n) is 31.0. The molecule has 7 rings (SSSR count). The van der Waals surface area contributed by atoms with Crippen LogP contribution in [0.1, 0.15) is 158 Å². The molecule has 1 N–H and O–H groups in total. The lowest BCUT2D eigenvalue weighted by atomic mass is 9.70. The van der Waals surface area contributed by atoms with Gasteiger partial charge in [-0.1, -0.05) is 142 Å². The predicted molar refractivity (Wildman–Crippen MR) is 342 cm³/mol. The van der Waals surface area contributed by atoms with Crippen molar-refractivity contribution in [2.75, 3.05) is 6.54 Å². The first kappa shape index (κ1) is 67.6. The molecule has 2 unspecified atom stereocenters. The van der Waals surface area contributed by atoms with Crippen molar-refractivity contribution < 1.29 is 56.1 Å². The van der Waals surface area contributed by atoms with Crippen LogP contribution in [0.15, 0.2) is 64.8 Å². The molecule has 1 aromatic carbocycles. The summed E-state index contributed by atoms with van der Waals surface area (Å²) in [6, 6.07) is 10.2. The summed E-state index contributed by atoms with van der Waals surface area (Å²) < 4.78 is 66.2. The number of amides is 1. The van der Waals surface area contributed by atoms with E-state index in [1.165, 1.54) is 0 Å². The van der Waals surface area contributed by atoms with Gasteiger partial charge in [-0.2, -0.15) is 0 Å². The number of halogens is 1. The Kier molecular flexibility index (Phi) is 22.5. The number of hydrogen-bond donors (Lipinski definition) is 1. The fourth-order valence-electron chi connectivity index (χ4n) is 12.7. The van der Waals surface area contributed by atoms with E-state index in [9.17, 15) is 9.59 Å². The van der Waals surface area contributed by atoms with Crippen LogP contribution in [-0.4, -0.2) is 135 Å². The highest BCUT2D eigenvalue weighted by Crippen LogP contribution is 2.51. The topological polar surface area (TPSA) is 146 Å². The van der Waals surface area contributed by atoms with E-state index in [1.54, 1.807) is 0 Å². The van der Waals surface area contributed by atoms with Crippen LogP contribution >= 0.6 is 22.6 Å². The standard InChI is InChI=1S/C65H106INO12Si3/c1-40-34-46(27-29-50-41(2)35-45(71-50)26-23-33-68)72-54(42(40)3)38-55-56(43(4)53(75-55)37-48-39-67-62(70)74-48)57(44-24-21-20-22-25-44)49(69)36-47-28-30-51-58(73-47)60(78-81(16,17)64(8,9)10)61(79-82(18,19)65(11,12)13)59(76-51)52(31-32-66)77-80(14,15)63(5,6)7/h20-22,24-25,31-33,40,43,45-48,50-61H,2-3,23,26-30,34-39H2,1,4-19H3,(H,67,70)/b32-31+/t40-,43+,45+,46+,47-,48+,50+,51?,52+,53-,54-,55+,56-,57?,58+,59+,60+,61-/m1/s1. The summed E-state index contributed by atoms with van der Waals surface area (Å²) in [5.74, 6) is -0.551. The number of rotatable bonds is 23. The predicted octanol–water partition coefficient (Wildman–Crippen LogP) is 14.9. The van der Waals surface area contributed by atoms with E-state index in [0.717, 1.165) is 48.7 Å². The van der Waals surface area contributed by atoms with Crippen LogP contribution in [0.5, 0.6) is 0 Å². The quantitative estimate of drug-likeness (QED) is 0.0481. The zero-order chi connectivity index (χ0) is 60.5. The van der Waals surface area contributed by atoms with Crippen LogP contribution in [0, 0.1) is 17.8 Å². The average Bonchev–Trinajstić information content (AvgIpc) is 3.87. The van der Waals surface area contributed by atoms with Gasteiger partial charge in [0.2, 0.25) is 0 Å². The Morgan fingerprint density at radius 3 is 1.99 bits per heavy atom. The number of carbonyl (C=O) groups excluding carboxylic acids is 3. The van der Waals surface area contributed by atoms with Crippen LogP contribution in [0.2, 0.25) is 54.4 Å². The van der Waals surface area contributed by atoms with Crippen molar-refractivity contribution >= 4 is 65.7 Å². The van der Waals surface area contributed by atoms with E-state index in [-0.39, 0.29) is 100 Å². The fraction of sp³-hybridized carbons (Fsp3) is 0.769. The molecular formula is C65H106INO12Si3. The van der Waals surface area contributed by atoms with Crippen LogP contribution in [-0.2, 0) is 51.3 Å². The summed E-state index contributed by atoms with van der Waals surface area (Å²) in [7, 11) is -7.36. The SMILES string of the molecule is C=C1C[C@H](CCC=O)O[C@H]1CC[C@H]1C[C@@H](C)C(=C)[C@@H](C[C@@H]2O[C@H](C[C@H]3CNC(=O)O3)[C@H](C)[C@H]2C(C(=O)C[C@H]2CCC3O[C@@H]([C@H](/C=C/I)O[Si](C)(C)C(C)(C)C)[C@@H](O[Si](C)(C)C(C)(C)C)[C@@H](O[Si](C)(C)C(C)(C)C)[C@H]3O2)c2ccccc2)O1. The van der Waals surface area contributed by atoms with Gasteiger partial charge in [0.25, 0.3) is 0 Å². The first-order chi connectivity index (χ1) is 38.1. The lowest BCUT2D eigenvalue weighted by Crippen LogP contribution is -2.69. The maximum atomic E-state index is 16.0. The molecule has 462 valence electrons. The largest absolute Gasteiger partial charge is 0.444 e. The Hall–Kier alpha value is -1.89. The number of Topliss-reactive ketones (excluding diaryl/α,β-unsaturated/α-hetero) is 1. The van der Waals surface area contributed by atoms with Gasteiger partial charge in [-0.15, -0.1) is 0 Å². The van der Waals surface area contributed by atoms with Crippen molar-refractivity contribution in [3.63, 3.8) is 0 Å². The monoisotopic (exact) mass is 1300 g/mol. The van der Waals surface area contributed by atoms with Crippen molar-refractivity contribution in [3.05, 3.63) is 70.4 Å². The lowest BCUT2D eigenvalue weighted by Gasteiger charge is -2.56. The van der Waals surface area contributed by atoms with Gasteiger partial charge < -0.3 is 51.8 Å². The smallest absolute Gasteiger partial charge is 0.407 e. The highest BCUT2D eigenvalue weighted by molar-refractivity contribution is 14.1. The van der Waals surface area contributed by atoms with Crippen LogP contribution in [0.4, 0.5) is 4.79 Å². The number of ketones is 1. The maximum absolute atomic E-state index is 16.0. The molecule has 1 aromatic rings. The highest BCUT2D eigenvalue weighted by Gasteiger charge is 2.59. The number of cyclic esters (lactones) is 1. The molecule has 0 bridgehead atoms. The van der Waals surface area contributed by atoms with E-state index in [2.05, 4.69) is 179 Å². The van der Waals surface area contributed by atoms with Crippen LogP contribution < -0.4 is 5.32 Å². The number of nitrogens with one attached hydrogen (secondary N) is 1. The molecule has 13 nitrogen and oxygen atoms in total. The molecule has 6 fully saturated rings. The molecule has 1 amide bonds. The molecule has 0 radical (unpaired) electrons. The zero-order valence-electron chi connectivity index (χ0n) is 53.2. The number of aldehydes is 1. The van der Waals surface area contributed by atoms with Crippen LogP contribution in [0.25, 0.3) is 0 Å². The molecule has 6 aliphatic heterocycles.